The molecule has 0 aromatic carbocycles. The Bertz CT molecular complexity index is 175. The highest BCUT2D eigenvalue weighted by atomic mass is 16.7. The maximum Gasteiger partial charge on any atom is 0.383 e. The summed E-state index contributed by atoms with van der Waals surface area (Å²) in [7, 11) is 0. The monoisotopic (exact) mass is 155 g/mol. The lowest BCUT2D eigenvalue weighted by Gasteiger charge is -2.13. The summed E-state index contributed by atoms with van der Waals surface area (Å²) in [5.41, 5.74) is 0.974. The molecule has 3 nitrogen and oxygen atoms in total. The first-order valence-corrected chi connectivity index (χ1v) is 3.73. The van der Waals surface area contributed by atoms with Crippen molar-refractivity contribution in [1.82, 2.24) is 0 Å². The Kier molecular flexibility index (Phi) is 2.95. The average Bonchev–Trinajstić information content (AvgIpc) is 2.03. The third kappa shape index (κ3) is 3.07. The Balaban J connectivity index is 2.24. The van der Waals surface area contributed by atoms with E-state index < -0.39 is 0 Å². The SMILES string of the molecule is C=C(C)COC1=NCCCO1. The Labute approximate surface area is 66.7 Å². The van der Waals surface area contributed by atoms with Crippen LogP contribution in [0.3, 0.4) is 0 Å². The fourth-order valence-electron chi connectivity index (χ4n) is 0.712. The standard InChI is InChI=1S/C8H13NO2/c1-7(2)6-11-8-9-4-3-5-10-8/h1,3-6H2,2H3. The van der Waals surface area contributed by atoms with Gasteiger partial charge < -0.3 is 9.47 Å². The quantitative estimate of drug-likeness (QED) is 0.564. The van der Waals surface area contributed by atoms with Crippen molar-refractivity contribution in [3.05, 3.63) is 12.2 Å². The van der Waals surface area contributed by atoms with Crippen molar-refractivity contribution >= 4 is 6.08 Å². The summed E-state index contributed by atoms with van der Waals surface area (Å²) in [4.78, 5) is 4.03. The highest BCUT2D eigenvalue weighted by Gasteiger charge is 2.05. The largest absolute Gasteiger partial charge is 0.451 e. The van der Waals surface area contributed by atoms with Crippen LogP contribution >= 0.6 is 0 Å². The van der Waals surface area contributed by atoms with Crippen LogP contribution in [0.2, 0.25) is 0 Å². The first-order chi connectivity index (χ1) is 5.29. The molecule has 0 atom stereocenters. The Hall–Kier alpha value is -0.990. The van der Waals surface area contributed by atoms with Gasteiger partial charge in [-0.05, 0) is 12.5 Å². The van der Waals surface area contributed by atoms with Gasteiger partial charge in [0.1, 0.15) is 6.61 Å². The van der Waals surface area contributed by atoms with Crippen LogP contribution in [0.25, 0.3) is 0 Å². The minimum Gasteiger partial charge on any atom is -0.451 e. The summed E-state index contributed by atoms with van der Waals surface area (Å²) in [6.07, 6.45) is 1.40. The van der Waals surface area contributed by atoms with E-state index in [9.17, 15) is 0 Å². The molecule has 1 rings (SSSR count). The van der Waals surface area contributed by atoms with E-state index in [1.165, 1.54) is 0 Å². The summed E-state index contributed by atoms with van der Waals surface area (Å²) in [6, 6.07) is 0. The topological polar surface area (TPSA) is 30.8 Å². The number of aliphatic imine (C=N–C) groups is 1. The molecule has 1 aliphatic rings. The number of rotatable bonds is 2. The van der Waals surface area contributed by atoms with E-state index in [0.29, 0.717) is 12.7 Å². The number of hydrogen-bond donors (Lipinski definition) is 0. The Morgan fingerprint density at radius 3 is 3.18 bits per heavy atom. The van der Waals surface area contributed by atoms with Gasteiger partial charge in [-0.3, -0.25) is 0 Å². The summed E-state index contributed by atoms with van der Waals surface area (Å²) < 4.78 is 10.3. The van der Waals surface area contributed by atoms with Crippen molar-refractivity contribution in [2.75, 3.05) is 19.8 Å². The van der Waals surface area contributed by atoms with E-state index in [1.807, 2.05) is 6.92 Å². The van der Waals surface area contributed by atoms with Gasteiger partial charge in [-0.15, -0.1) is 0 Å². The van der Waals surface area contributed by atoms with Crippen LogP contribution in [0.4, 0.5) is 0 Å². The van der Waals surface area contributed by atoms with Crippen molar-refractivity contribution < 1.29 is 9.47 Å². The molecule has 0 spiro atoms. The number of nitrogens with zero attached hydrogens (tertiary/aromatic N) is 1. The number of hydrogen-bond acceptors (Lipinski definition) is 3. The van der Waals surface area contributed by atoms with Crippen LogP contribution in [0.1, 0.15) is 13.3 Å². The highest BCUT2D eigenvalue weighted by Crippen LogP contribution is 1.99. The molecule has 0 saturated carbocycles. The minimum atomic E-state index is 0.416. The number of ether oxygens (including phenoxy) is 2. The van der Waals surface area contributed by atoms with Crippen LogP contribution < -0.4 is 0 Å². The summed E-state index contributed by atoms with van der Waals surface area (Å²) >= 11 is 0. The maximum atomic E-state index is 5.17. The van der Waals surface area contributed by atoms with Gasteiger partial charge in [-0.1, -0.05) is 6.58 Å². The smallest absolute Gasteiger partial charge is 0.383 e. The molecule has 3 heteroatoms. The third-order valence-electron chi connectivity index (χ3n) is 1.21. The van der Waals surface area contributed by atoms with Crippen molar-refractivity contribution in [2.45, 2.75) is 13.3 Å². The van der Waals surface area contributed by atoms with E-state index >= 15 is 0 Å². The van der Waals surface area contributed by atoms with Crippen LogP contribution in [-0.2, 0) is 9.47 Å². The molecule has 0 amide bonds. The third-order valence-corrected chi connectivity index (χ3v) is 1.21. The van der Waals surface area contributed by atoms with Crippen LogP contribution in [-0.4, -0.2) is 25.8 Å². The lowest BCUT2D eigenvalue weighted by atomic mass is 10.4. The van der Waals surface area contributed by atoms with Crippen LogP contribution in [0, 0.1) is 0 Å². The molecule has 0 fully saturated rings. The van der Waals surface area contributed by atoms with Gasteiger partial charge in [-0.25, -0.2) is 4.99 Å². The van der Waals surface area contributed by atoms with Gasteiger partial charge in [-0.2, -0.15) is 0 Å². The molecule has 1 aliphatic heterocycles. The van der Waals surface area contributed by atoms with Crippen LogP contribution in [0.15, 0.2) is 17.1 Å². The molecule has 0 aromatic rings. The first-order valence-electron chi connectivity index (χ1n) is 3.73. The second kappa shape index (κ2) is 4.01. The minimum absolute atomic E-state index is 0.416. The molecule has 11 heavy (non-hydrogen) atoms. The Morgan fingerprint density at radius 1 is 1.82 bits per heavy atom. The highest BCUT2D eigenvalue weighted by molar-refractivity contribution is 5.67. The zero-order valence-electron chi connectivity index (χ0n) is 6.80. The average molecular weight is 155 g/mol. The van der Waals surface area contributed by atoms with E-state index in [4.69, 9.17) is 9.47 Å². The van der Waals surface area contributed by atoms with Gasteiger partial charge in [0.05, 0.1) is 6.61 Å². The molecule has 0 aliphatic carbocycles. The molecule has 62 valence electrons. The predicted molar refractivity (Wildman–Crippen MR) is 43.6 cm³/mol. The fraction of sp³-hybridized carbons (Fsp3) is 0.625. The molecule has 1 heterocycles. The van der Waals surface area contributed by atoms with Crippen molar-refractivity contribution in [2.24, 2.45) is 4.99 Å². The van der Waals surface area contributed by atoms with Gasteiger partial charge in [0.15, 0.2) is 0 Å². The molecule has 0 bridgehead atoms. The molecule has 0 radical (unpaired) electrons. The lowest BCUT2D eigenvalue weighted by molar-refractivity contribution is 0.163. The van der Waals surface area contributed by atoms with Crippen molar-refractivity contribution in [3.63, 3.8) is 0 Å². The molecular weight excluding hydrogens is 142 g/mol. The fourth-order valence-corrected chi connectivity index (χ4v) is 0.712. The normalized spacial score (nSPS) is 16.6. The zero-order chi connectivity index (χ0) is 8.10. The van der Waals surface area contributed by atoms with E-state index in [1.54, 1.807) is 0 Å². The van der Waals surface area contributed by atoms with Gasteiger partial charge in [0.25, 0.3) is 0 Å². The molecule has 0 saturated heterocycles. The summed E-state index contributed by atoms with van der Waals surface area (Å²) in [5, 5.41) is 0. The van der Waals surface area contributed by atoms with Gasteiger partial charge in [0.2, 0.25) is 0 Å². The molecule has 0 unspecified atom stereocenters. The second-order valence-corrected chi connectivity index (χ2v) is 2.60. The van der Waals surface area contributed by atoms with Crippen LogP contribution in [0.5, 0.6) is 0 Å². The van der Waals surface area contributed by atoms with E-state index in [2.05, 4.69) is 11.6 Å². The van der Waals surface area contributed by atoms with E-state index in [-0.39, 0.29) is 0 Å². The van der Waals surface area contributed by atoms with Crippen molar-refractivity contribution in [1.29, 1.82) is 0 Å². The maximum absolute atomic E-state index is 5.17. The van der Waals surface area contributed by atoms with Gasteiger partial charge in [0, 0.05) is 13.0 Å². The Morgan fingerprint density at radius 2 is 2.64 bits per heavy atom. The van der Waals surface area contributed by atoms with E-state index in [0.717, 1.165) is 25.1 Å². The zero-order valence-corrected chi connectivity index (χ0v) is 6.80. The summed E-state index contributed by atoms with van der Waals surface area (Å²) in [5.74, 6) is 0. The molecular formula is C8H13NO2. The molecule has 0 aromatic heterocycles. The predicted octanol–water partition coefficient (Wildman–Crippen LogP) is 1.36. The molecule has 0 N–H and O–H groups in total. The van der Waals surface area contributed by atoms with Crippen molar-refractivity contribution in [3.8, 4) is 0 Å². The first kappa shape index (κ1) is 8.11. The lowest BCUT2D eigenvalue weighted by Crippen LogP contribution is -2.17. The van der Waals surface area contributed by atoms with Gasteiger partial charge >= 0.3 is 6.08 Å². The second-order valence-electron chi connectivity index (χ2n) is 2.60. The summed E-state index contributed by atoms with van der Waals surface area (Å²) in [6.45, 7) is 7.64.